The summed E-state index contributed by atoms with van der Waals surface area (Å²) in [5.74, 6) is -0.147. The van der Waals surface area contributed by atoms with E-state index in [1.54, 1.807) is 17.0 Å². The van der Waals surface area contributed by atoms with Gasteiger partial charge in [0.05, 0.1) is 30.2 Å². The highest BCUT2D eigenvalue weighted by Crippen LogP contribution is 2.49. The molecule has 8 heteroatoms. The van der Waals surface area contributed by atoms with Crippen LogP contribution in [0.3, 0.4) is 0 Å². The molecule has 0 atom stereocenters. The summed E-state index contributed by atoms with van der Waals surface area (Å²) in [7, 11) is 5.91. The van der Waals surface area contributed by atoms with Gasteiger partial charge in [0.2, 0.25) is 5.82 Å². The van der Waals surface area contributed by atoms with Crippen LogP contribution in [0.5, 0.6) is 0 Å². The molecule has 1 aromatic heterocycles. The van der Waals surface area contributed by atoms with Gasteiger partial charge in [-0.05, 0) is 57.5 Å². The number of nitrogens with zero attached hydrogens (tertiary/aromatic N) is 6. The van der Waals surface area contributed by atoms with Crippen molar-refractivity contribution in [3.05, 3.63) is 53.9 Å². The standard InChI is InChI=1S/C22H25FN6O/c1-27(2)22(16-5-4-6-17(23)11-16)9-7-21(8-10-22)15-29(20(30)28(21)3)18-13-25-19(12-24)26-14-18/h4-6,11,13-14H,7-10,15H2,1-3H3/t21-,22-. The highest BCUT2D eigenvalue weighted by atomic mass is 19.1. The molecule has 0 N–H and O–H groups in total. The topological polar surface area (TPSA) is 76.4 Å². The number of carbonyl (C=O) groups is 1. The highest BCUT2D eigenvalue weighted by Gasteiger charge is 2.53. The van der Waals surface area contributed by atoms with Crippen molar-refractivity contribution < 1.29 is 9.18 Å². The number of likely N-dealkylation sites (N-methyl/N-ethyl adjacent to an activating group) is 1. The van der Waals surface area contributed by atoms with E-state index in [9.17, 15) is 9.18 Å². The molecule has 2 amide bonds. The van der Waals surface area contributed by atoms with Gasteiger partial charge in [-0.15, -0.1) is 0 Å². The number of amides is 2. The third-order valence-corrected chi connectivity index (χ3v) is 6.96. The Labute approximate surface area is 175 Å². The Morgan fingerprint density at radius 3 is 2.40 bits per heavy atom. The summed E-state index contributed by atoms with van der Waals surface area (Å²) in [6, 6.07) is 8.65. The van der Waals surface area contributed by atoms with Crippen LogP contribution < -0.4 is 4.90 Å². The molecule has 1 saturated carbocycles. The molecule has 1 aliphatic carbocycles. The zero-order valence-electron chi connectivity index (χ0n) is 17.5. The van der Waals surface area contributed by atoms with Crippen molar-refractivity contribution in [1.82, 2.24) is 19.8 Å². The van der Waals surface area contributed by atoms with Gasteiger partial charge < -0.3 is 4.90 Å². The summed E-state index contributed by atoms with van der Waals surface area (Å²) in [4.78, 5) is 26.7. The summed E-state index contributed by atoms with van der Waals surface area (Å²) in [6.07, 6.45) is 6.29. The molecular weight excluding hydrogens is 383 g/mol. The number of benzene rings is 1. The van der Waals surface area contributed by atoms with Gasteiger partial charge >= 0.3 is 6.03 Å². The summed E-state index contributed by atoms with van der Waals surface area (Å²) in [5.41, 5.74) is 1.02. The number of hydrogen-bond acceptors (Lipinski definition) is 5. The number of aromatic nitrogens is 2. The maximum absolute atomic E-state index is 13.9. The van der Waals surface area contributed by atoms with E-state index < -0.39 is 0 Å². The number of anilines is 1. The van der Waals surface area contributed by atoms with Crippen molar-refractivity contribution in [2.24, 2.45) is 0 Å². The summed E-state index contributed by atoms with van der Waals surface area (Å²) in [6.45, 7) is 0.546. The minimum atomic E-state index is -0.294. The van der Waals surface area contributed by atoms with Crippen LogP contribution in [0.1, 0.15) is 37.1 Å². The van der Waals surface area contributed by atoms with Crippen molar-refractivity contribution in [3.63, 3.8) is 0 Å². The average Bonchev–Trinajstić information content (AvgIpc) is 3.00. The van der Waals surface area contributed by atoms with Gasteiger partial charge in [-0.3, -0.25) is 9.80 Å². The lowest BCUT2D eigenvalue weighted by Gasteiger charge is -2.50. The SMILES string of the molecule is CN1C(=O)N(c2cnc(C#N)nc2)C[C@]12CC[C@@](c1cccc(F)c1)(N(C)C)CC2. The zero-order valence-corrected chi connectivity index (χ0v) is 17.5. The zero-order chi connectivity index (χ0) is 21.5. The lowest BCUT2D eigenvalue weighted by molar-refractivity contribution is 0.0339. The minimum absolute atomic E-state index is 0.0805. The molecule has 1 saturated heterocycles. The minimum Gasteiger partial charge on any atom is -0.320 e. The van der Waals surface area contributed by atoms with Gasteiger partial charge in [0, 0.05) is 12.6 Å². The van der Waals surface area contributed by atoms with Crippen LogP contribution in [-0.2, 0) is 5.54 Å². The van der Waals surface area contributed by atoms with Crippen molar-refractivity contribution in [3.8, 4) is 6.07 Å². The third kappa shape index (κ3) is 3.10. The first kappa shape index (κ1) is 20.2. The average molecular weight is 408 g/mol. The molecule has 156 valence electrons. The molecule has 2 aliphatic rings. The van der Waals surface area contributed by atoms with Crippen LogP contribution in [0.25, 0.3) is 0 Å². The fourth-order valence-electron chi connectivity index (χ4n) is 4.97. The Balaban J connectivity index is 1.59. The maximum Gasteiger partial charge on any atom is 0.324 e. The van der Waals surface area contributed by atoms with Gasteiger partial charge in [0.25, 0.3) is 0 Å². The van der Waals surface area contributed by atoms with Gasteiger partial charge in [-0.2, -0.15) is 5.26 Å². The lowest BCUT2D eigenvalue weighted by atomic mass is 9.68. The van der Waals surface area contributed by atoms with E-state index in [0.29, 0.717) is 12.2 Å². The molecule has 7 nitrogen and oxygen atoms in total. The number of halogens is 1. The Kier molecular flexibility index (Phi) is 4.94. The molecular formula is C22H25FN6O. The normalized spacial score (nSPS) is 26.5. The number of carbonyl (C=O) groups excluding carboxylic acids is 1. The Morgan fingerprint density at radius 1 is 1.17 bits per heavy atom. The number of urea groups is 1. The molecule has 0 unspecified atom stereocenters. The van der Waals surface area contributed by atoms with Crippen molar-refractivity contribution in [2.75, 3.05) is 32.6 Å². The van der Waals surface area contributed by atoms with E-state index in [-0.39, 0.29) is 28.8 Å². The molecule has 1 aliphatic heterocycles. The smallest absolute Gasteiger partial charge is 0.320 e. The second-order valence-electron chi connectivity index (χ2n) is 8.47. The Hall–Kier alpha value is -3.05. The van der Waals surface area contributed by atoms with Crippen LogP contribution in [0, 0.1) is 17.1 Å². The predicted octanol–water partition coefficient (Wildman–Crippen LogP) is 3.13. The van der Waals surface area contributed by atoms with Crippen LogP contribution in [0.2, 0.25) is 0 Å². The number of hydrogen-bond donors (Lipinski definition) is 0. The van der Waals surface area contributed by atoms with E-state index in [4.69, 9.17) is 5.26 Å². The van der Waals surface area contributed by atoms with E-state index in [1.807, 2.05) is 38.2 Å². The molecule has 1 aromatic carbocycles. The molecule has 1 spiro atoms. The number of rotatable bonds is 3. The van der Waals surface area contributed by atoms with Crippen molar-refractivity contribution >= 4 is 11.7 Å². The van der Waals surface area contributed by atoms with Crippen LogP contribution in [0.4, 0.5) is 14.9 Å². The van der Waals surface area contributed by atoms with E-state index in [0.717, 1.165) is 31.2 Å². The summed E-state index contributed by atoms with van der Waals surface area (Å²) < 4.78 is 13.9. The molecule has 2 fully saturated rings. The van der Waals surface area contributed by atoms with E-state index in [1.165, 1.54) is 18.5 Å². The second-order valence-corrected chi connectivity index (χ2v) is 8.47. The molecule has 0 bridgehead atoms. The molecule has 30 heavy (non-hydrogen) atoms. The quantitative estimate of drug-likeness (QED) is 0.780. The first-order valence-electron chi connectivity index (χ1n) is 10.0. The van der Waals surface area contributed by atoms with Crippen LogP contribution in [0.15, 0.2) is 36.7 Å². The summed E-state index contributed by atoms with van der Waals surface area (Å²) in [5, 5.41) is 8.90. The molecule has 4 rings (SSSR count). The first-order valence-corrected chi connectivity index (χ1v) is 10.0. The summed E-state index contributed by atoms with van der Waals surface area (Å²) >= 11 is 0. The van der Waals surface area contributed by atoms with Crippen molar-refractivity contribution in [1.29, 1.82) is 5.26 Å². The molecule has 2 heterocycles. The van der Waals surface area contributed by atoms with E-state index in [2.05, 4.69) is 14.9 Å². The largest absolute Gasteiger partial charge is 0.324 e. The number of nitriles is 1. The van der Waals surface area contributed by atoms with Gasteiger partial charge in [0.1, 0.15) is 11.9 Å². The predicted molar refractivity (Wildman–Crippen MR) is 110 cm³/mol. The molecule has 2 aromatic rings. The Morgan fingerprint density at radius 2 is 1.83 bits per heavy atom. The molecule has 0 radical (unpaired) electrons. The van der Waals surface area contributed by atoms with E-state index >= 15 is 0 Å². The lowest BCUT2D eigenvalue weighted by Crippen LogP contribution is -2.54. The fraction of sp³-hybridized carbons (Fsp3) is 0.455. The van der Waals surface area contributed by atoms with Gasteiger partial charge in [-0.25, -0.2) is 19.2 Å². The maximum atomic E-state index is 13.9. The van der Waals surface area contributed by atoms with Crippen LogP contribution >= 0.6 is 0 Å². The monoisotopic (exact) mass is 408 g/mol. The Bertz CT molecular complexity index is 991. The highest BCUT2D eigenvalue weighted by molar-refractivity contribution is 5.95. The second kappa shape index (κ2) is 7.33. The van der Waals surface area contributed by atoms with Gasteiger partial charge in [0.15, 0.2) is 0 Å². The van der Waals surface area contributed by atoms with Gasteiger partial charge in [-0.1, -0.05) is 12.1 Å². The third-order valence-electron chi connectivity index (χ3n) is 6.96. The first-order chi connectivity index (χ1) is 14.3. The van der Waals surface area contributed by atoms with Crippen molar-refractivity contribution in [2.45, 2.75) is 36.8 Å². The fourth-order valence-corrected chi connectivity index (χ4v) is 4.97. The van der Waals surface area contributed by atoms with Crippen LogP contribution in [-0.4, -0.2) is 59.0 Å².